The molecule has 0 aliphatic carbocycles. The summed E-state index contributed by atoms with van der Waals surface area (Å²) in [5.41, 5.74) is 0. The first-order chi connectivity index (χ1) is 4.66. The van der Waals surface area contributed by atoms with Gasteiger partial charge in [-0.25, -0.2) is 0 Å². The van der Waals surface area contributed by atoms with E-state index in [9.17, 15) is 0 Å². The Morgan fingerprint density at radius 1 is 1.70 bits per heavy atom. The third-order valence-electron chi connectivity index (χ3n) is 0.771. The Balaban J connectivity index is 4.12. The first-order valence-electron chi connectivity index (χ1n) is 2.74. The number of hydrogen-bond donors (Lipinski definition) is 0. The molecule has 10 heavy (non-hydrogen) atoms. The molecule has 0 unspecified atom stereocenters. The minimum absolute atomic E-state index is 0.717. The van der Waals surface area contributed by atoms with Gasteiger partial charge >= 0.3 is 0 Å². The van der Waals surface area contributed by atoms with Crippen LogP contribution in [0.1, 0.15) is 6.92 Å². The number of allylic oxidation sites excluding steroid dienone is 2. The van der Waals surface area contributed by atoms with E-state index in [1.165, 1.54) is 0 Å². The van der Waals surface area contributed by atoms with Crippen molar-refractivity contribution in [3.05, 3.63) is 16.2 Å². The van der Waals surface area contributed by atoms with E-state index in [0.29, 0.717) is 5.84 Å². The number of aliphatic imine (C=N–C) groups is 2. The molecule has 54 valence electrons. The third-order valence-corrected chi connectivity index (χ3v) is 1.08. The van der Waals surface area contributed by atoms with Crippen molar-refractivity contribution in [2.75, 3.05) is 7.05 Å². The van der Waals surface area contributed by atoms with Gasteiger partial charge in [-0.15, -0.1) is 0 Å². The minimum Gasteiger partial charge on any atom is -0.274 e. The summed E-state index contributed by atoms with van der Waals surface area (Å²) in [7, 11) is 1.69. The van der Waals surface area contributed by atoms with Crippen LogP contribution in [0.15, 0.2) is 26.2 Å². The summed E-state index contributed by atoms with van der Waals surface area (Å²) in [5, 5.41) is 0. The summed E-state index contributed by atoms with van der Waals surface area (Å²) in [6, 6.07) is 0. The molecule has 0 fully saturated rings. The maximum absolute atomic E-state index is 3.86. The molecule has 0 saturated heterocycles. The largest absolute Gasteiger partial charge is 0.274 e. The second kappa shape index (κ2) is 5.38. The molecule has 0 aromatic rings. The summed E-state index contributed by atoms with van der Waals surface area (Å²) >= 11 is 2.09. The van der Waals surface area contributed by atoms with Gasteiger partial charge in [-0.2, -0.15) is 4.99 Å². The molecule has 0 heterocycles. The van der Waals surface area contributed by atoms with Crippen LogP contribution < -0.4 is 0 Å². The lowest BCUT2D eigenvalue weighted by atomic mass is 10.6. The number of nitrogens with zero attached hydrogens (tertiary/aromatic N) is 2. The van der Waals surface area contributed by atoms with Gasteiger partial charge in [0.15, 0.2) is 0 Å². The lowest BCUT2D eigenvalue weighted by Crippen LogP contribution is -1.81. The first-order valence-corrected chi connectivity index (χ1v) is 3.82. The van der Waals surface area contributed by atoms with E-state index in [2.05, 4.69) is 45.0 Å². The van der Waals surface area contributed by atoms with E-state index in [-0.39, 0.29) is 0 Å². The highest BCUT2D eigenvalue weighted by Crippen LogP contribution is 1.99. The van der Waals surface area contributed by atoms with Gasteiger partial charge in [0.25, 0.3) is 0 Å². The highest BCUT2D eigenvalue weighted by Gasteiger charge is 1.75. The van der Waals surface area contributed by atoms with Crippen molar-refractivity contribution >= 4 is 34.3 Å². The molecular formula is C7H9IN2. The van der Waals surface area contributed by atoms with Crippen LogP contribution in [0.4, 0.5) is 0 Å². The normalized spacial score (nSPS) is 10.1. The lowest BCUT2D eigenvalue weighted by Gasteiger charge is -1.80. The molecule has 2 nitrogen and oxygen atoms in total. The van der Waals surface area contributed by atoms with Gasteiger partial charge in [0.1, 0.15) is 5.84 Å². The molecule has 0 aromatic carbocycles. The van der Waals surface area contributed by atoms with Crippen molar-refractivity contribution in [1.29, 1.82) is 0 Å². The summed E-state index contributed by atoms with van der Waals surface area (Å²) in [4.78, 5) is 7.68. The van der Waals surface area contributed by atoms with E-state index in [0.717, 1.165) is 3.58 Å². The van der Waals surface area contributed by atoms with Crippen LogP contribution in [0.5, 0.6) is 0 Å². The Labute approximate surface area is 74.6 Å². The van der Waals surface area contributed by atoms with Gasteiger partial charge in [-0.3, -0.25) is 4.99 Å². The molecule has 0 aromatic heterocycles. The Bertz CT molecular complexity index is 210. The van der Waals surface area contributed by atoms with Crippen LogP contribution in [-0.2, 0) is 0 Å². The fourth-order valence-corrected chi connectivity index (χ4v) is 0.385. The standard InChI is InChI=1S/C7H9IN2/c1-6(8)4-5-10-7(2)9-3/h4H,1H2,2-3H3. The summed E-state index contributed by atoms with van der Waals surface area (Å²) in [6.07, 6.45) is 1.70. The van der Waals surface area contributed by atoms with Crippen LogP contribution in [0.2, 0.25) is 0 Å². The highest BCUT2D eigenvalue weighted by atomic mass is 127. The monoisotopic (exact) mass is 248 g/mol. The predicted molar refractivity (Wildman–Crippen MR) is 54.2 cm³/mol. The smallest absolute Gasteiger partial charge is 0.129 e. The van der Waals surface area contributed by atoms with E-state index in [4.69, 9.17) is 0 Å². The Morgan fingerprint density at radius 3 is 2.70 bits per heavy atom. The molecule has 0 saturated carbocycles. The van der Waals surface area contributed by atoms with Crippen LogP contribution in [0, 0.1) is 0 Å². The van der Waals surface area contributed by atoms with Gasteiger partial charge < -0.3 is 0 Å². The van der Waals surface area contributed by atoms with E-state index >= 15 is 0 Å². The van der Waals surface area contributed by atoms with E-state index < -0.39 is 0 Å². The molecule has 0 rings (SSSR count). The second-order valence-electron chi connectivity index (χ2n) is 1.60. The highest BCUT2D eigenvalue weighted by molar-refractivity contribution is 14.1. The summed E-state index contributed by atoms with van der Waals surface area (Å²) in [5.74, 6) is 3.41. The number of hydrogen-bond acceptors (Lipinski definition) is 1. The maximum Gasteiger partial charge on any atom is 0.129 e. The molecular weight excluding hydrogens is 239 g/mol. The van der Waals surface area contributed by atoms with Crippen molar-refractivity contribution in [1.82, 2.24) is 0 Å². The number of amidine groups is 1. The molecule has 0 aliphatic rings. The topological polar surface area (TPSA) is 24.7 Å². The number of halogens is 1. The van der Waals surface area contributed by atoms with Gasteiger partial charge in [0.2, 0.25) is 0 Å². The Morgan fingerprint density at radius 2 is 2.30 bits per heavy atom. The predicted octanol–water partition coefficient (Wildman–Crippen LogP) is 2.21. The lowest BCUT2D eigenvalue weighted by molar-refractivity contribution is 1.39. The van der Waals surface area contributed by atoms with Gasteiger partial charge in [0, 0.05) is 16.7 Å². The zero-order valence-corrected chi connectivity index (χ0v) is 8.21. The van der Waals surface area contributed by atoms with E-state index in [1.807, 2.05) is 6.92 Å². The number of rotatable bonds is 1. The molecule has 0 bridgehead atoms. The summed E-state index contributed by atoms with van der Waals surface area (Å²) < 4.78 is 0.908. The molecule has 0 spiro atoms. The average Bonchev–Trinajstić information content (AvgIpc) is 1.87. The van der Waals surface area contributed by atoms with Crippen molar-refractivity contribution in [3.63, 3.8) is 0 Å². The van der Waals surface area contributed by atoms with Gasteiger partial charge in [0.05, 0.1) is 0 Å². The molecule has 0 atom stereocenters. The molecule has 3 heteroatoms. The SMILES string of the molecule is C=C(I)C=C=NC(C)=NC. The zero-order chi connectivity index (χ0) is 7.98. The van der Waals surface area contributed by atoms with Gasteiger partial charge in [-0.1, -0.05) is 6.58 Å². The Hall–Kier alpha value is -0.410. The quantitative estimate of drug-likeness (QED) is 0.294. The van der Waals surface area contributed by atoms with Gasteiger partial charge in [-0.05, 0) is 35.4 Å². The fourth-order valence-electron chi connectivity index (χ4n) is 0.246. The second-order valence-corrected chi connectivity index (χ2v) is 2.99. The summed E-state index contributed by atoms with van der Waals surface area (Å²) in [6.45, 7) is 5.46. The first kappa shape index (κ1) is 9.59. The van der Waals surface area contributed by atoms with Crippen molar-refractivity contribution in [3.8, 4) is 0 Å². The fraction of sp³-hybridized carbons (Fsp3) is 0.286. The molecule has 0 aliphatic heterocycles. The maximum atomic E-state index is 3.86. The third kappa shape index (κ3) is 5.72. The zero-order valence-electron chi connectivity index (χ0n) is 6.06. The molecule has 0 amide bonds. The van der Waals surface area contributed by atoms with Crippen molar-refractivity contribution < 1.29 is 0 Å². The average molecular weight is 248 g/mol. The molecule has 0 radical (unpaired) electrons. The van der Waals surface area contributed by atoms with Crippen LogP contribution >= 0.6 is 22.6 Å². The van der Waals surface area contributed by atoms with E-state index in [1.54, 1.807) is 13.1 Å². The van der Waals surface area contributed by atoms with Crippen LogP contribution in [0.25, 0.3) is 0 Å². The van der Waals surface area contributed by atoms with Crippen LogP contribution in [-0.4, -0.2) is 18.8 Å². The van der Waals surface area contributed by atoms with Crippen molar-refractivity contribution in [2.45, 2.75) is 6.92 Å². The van der Waals surface area contributed by atoms with Crippen LogP contribution in [0.3, 0.4) is 0 Å². The minimum atomic E-state index is 0.717. The Kier molecular flexibility index (Phi) is 5.16. The molecule has 0 N–H and O–H groups in total. The van der Waals surface area contributed by atoms with Crippen molar-refractivity contribution in [2.24, 2.45) is 9.98 Å².